The van der Waals surface area contributed by atoms with E-state index in [9.17, 15) is 19.5 Å². The van der Waals surface area contributed by atoms with Crippen LogP contribution in [0.15, 0.2) is 54.6 Å². The van der Waals surface area contributed by atoms with Crippen molar-refractivity contribution in [3.8, 4) is 0 Å². The number of nitrogens with one attached hydrogen (secondary N) is 1. The number of hydrogen-bond donors (Lipinski definition) is 2. The van der Waals surface area contributed by atoms with Crippen LogP contribution < -0.4 is 5.32 Å². The molecule has 0 aliphatic heterocycles. The highest BCUT2D eigenvalue weighted by atomic mass is 35.5. The van der Waals surface area contributed by atoms with E-state index in [4.69, 9.17) is 11.6 Å². The average molecular weight is 389 g/mol. The second kappa shape index (κ2) is 9.73. The summed E-state index contributed by atoms with van der Waals surface area (Å²) in [7, 11) is 0. The maximum atomic E-state index is 12.2. The van der Waals surface area contributed by atoms with Gasteiger partial charge in [0, 0.05) is 31.5 Å². The SMILES string of the molecule is CC(=O)N(CCC(=O)NC(C(=O)O)c1ccc(Cl)cc1)Cc1ccccc1. The third-order valence-corrected chi connectivity index (χ3v) is 4.28. The number of rotatable bonds is 8. The molecule has 142 valence electrons. The molecule has 2 aromatic carbocycles. The van der Waals surface area contributed by atoms with E-state index in [0.29, 0.717) is 17.1 Å². The van der Waals surface area contributed by atoms with E-state index in [2.05, 4.69) is 5.32 Å². The van der Waals surface area contributed by atoms with Gasteiger partial charge in [0.2, 0.25) is 11.8 Å². The van der Waals surface area contributed by atoms with Gasteiger partial charge in [-0.15, -0.1) is 0 Å². The fourth-order valence-electron chi connectivity index (χ4n) is 2.56. The molecule has 1 unspecified atom stereocenters. The van der Waals surface area contributed by atoms with Crippen molar-refractivity contribution in [2.75, 3.05) is 6.54 Å². The van der Waals surface area contributed by atoms with Crippen molar-refractivity contribution in [3.63, 3.8) is 0 Å². The molecule has 2 rings (SSSR count). The van der Waals surface area contributed by atoms with Gasteiger partial charge in [-0.3, -0.25) is 9.59 Å². The van der Waals surface area contributed by atoms with Gasteiger partial charge in [0.25, 0.3) is 0 Å². The summed E-state index contributed by atoms with van der Waals surface area (Å²) in [4.78, 5) is 37.1. The van der Waals surface area contributed by atoms with Crippen molar-refractivity contribution in [3.05, 3.63) is 70.7 Å². The van der Waals surface area contributed by atoms with E-state index in [1.165, 1.54) is 6.92 Å². The highest BCUT2D eigenvalue weighted by molar-refractivity contribution is 6.30. The molecule has 0 spiro atoms. The summed E-state index contributed by atoms with van der Waals surface area (Å²) in [6.07, 6.45) is 0.00375. The van der Waals surface area contributed by atoms with Crippen LogP contribution in [-0.4, -0.2) is 34.3 Å². The van der Waals surface area contributed by atoms with Crippen LogP contribution in [0.4, 0.5) is 0 Å². The first-order valence-corrected chi connectivity index (χ1v) is 8.81. The molecule has 0 bridgehead atoms. The number of carbonyl (C=O) groups excluding carboxylic acids is 2. The zero-order valence-corrected chi connectivity index (χ0v) is 15.6. The number of aliphatic carboxylic acids is 1. The van der Waals surface area contributed by atoms with Crippen LogP contribution >= 0.6 is 11.6 Å². The molecule has 2 aromatic rings. The highest BCUT2D eigenvalue weighted by Crippen LogP contribution is 2.17. The van der Waals surface area contributed by atoms with Crippen molar-refractivity contribution < 1.29 is 19.5 Å². The van der Waals surface area contributed by atoms with Crippen LogP contribution in [0.5, 0.6) is 0 Å². The fraction of sp³-hybridized carbons (Fsp3) is 0.250. The molecule has 0 aromatic heterocycles. The molecular formula is C20H21ClN2O4. The van der Waals surface area contributed by atoms with Gasteiger partial charge in [-0.25, -0.2) is 4.79 Å². The predicted octanol–water partition coefficient (Wildman–Crippen LogP) is 3.02. The van der Waals surface area contributed by atoms with Gasteiger partial charge >= 0.3 is 5.97 Å². The molecule has 6 nitrogen and oxygen atoms in total. The molecule has 0 radical (unpaired) electrons. The third-order valence-electron chi connectivity index (χ3n) is 4.03. The largest absolute Gasteiger partial charge is 0.479 e. The van der Waals surface area contributed by atoms with E-state index in [-0.39, 0.29) is 18.9 Å². The van der Waals surface area contributed by atoms with Crippen molar-refractivity contribution >= 4 is 29.4 Å². The zero-order chi connectivity index (χ0) is 19.8. The van der Waals surface area contributed by atoms with Gasteiger partial charge in [0.1, 0.15) is 0 Å². The molecular weight excluding hydrogens is 368 g/mol. The van der Waals surface area contributed by atoms with Crippen LogP contribution in [0.3, 0.4) is 0 Å². The summed E-state index contributed by atoms with van der Waals surface area (Å²) in [5, 5.41) is 12.4. The lowest BCUT2D eigenvalue weighted by atomic mass is 10.1. The van der Waals surface area contributed by atoms with E-state index in [0.717, 1.165) is 5.56 Å². The van der Waals surface area contributed by atoms with Crippen LogP contribution in [0, 0.1) is 0 Å². The van der Waals surface area contributed by atoms with E-state index >= 15 is 0 Å². The molecule has 0 heterocycles. The first kappa shape index (κ1) is 20.5. The van der Waals surface area contributed by atoms with Gasteiger partial charge in [0.05, 0.1) is 0 Å². The Balaban J connectivity index is 1.96. The molecule has 7 heteroatoms. The Labute approximate surface area is 162 Å². The first-order chi connectivity index (χ1) is 12.9. The Morgan fingerprint density at radius 3 is 2.26 bits per heavy atom. The molecule has 0 fully saturated rings. The van der Waals surface area contributed by atoms with Crippen LogP contribution in [0.2, 0.25) is 5.02 Å². The smallest absolute Gasteiger partial charge is 0.330 e. The van der Waals surface area contributed by atoms with Gasteiger partial charge in [0.15, 0.2) is 6.04 Å². The van der Waals surface area contributed by atoms with E-state index in [1.54, 1.807) is 29.2 Å². The number of carbonyl (C=O) groups is 3. The number of carboxylic acid groups (broad SMARTS) is 1. The molecule has 0 saturated heterocycles. The number of amides is 2. The van der Waals surface area contributed by atoms with Gasteiger partial charge in [-0.05, 0) is 23.3 Å². The second-order valence-electron chi connectivity index (χ2n) is 6.07. The summed E-state index contributed by atoms with van der Waals surface area (Å²) in [5.74, 6) is -1.77. The Hall–Kier alpha value is -2.86. The topological polar surface area (TPSA) is 86.7 Å². The molecule has 0 aliphatic rings. The maximum Gasteiger partial charge on any atom is 0.330 e. The van der Waals surface area contributed by atoms with Gasteiger partial charge in [-0.1, -0.05) is 54.1 Å². The minimum absolute atomic E-state index is 0.00375. The molecule has 0 saturated carbocycles. The quantitative estimate of drug-likeness (QED) is 0.727. The lowest BCUT2D eigenvalue weighted by molar-refractivity contribution is -0.142. The van der Waals surface area contributed by atoms with Crippen molar-refractivity contribution in [2.24, 2.45) is 0 Å². The van der Waals surface area contributed by atoms with Crippen LogP contribution in [0.25, 0.3) is 0 Å². The summed E-state index contributed by atoms with van der Waals surface area (Å²) in [5.41, 5.74) is 1.38. The summed E-state index contributed by atoms with van der Waals surface area (Å²) in [6, 6.07) is 14.5. The molecule has 27 heavy (non-hydrogen) atoms. The Morgan fingerprint density at radius 2 is 1.70 bits per heavy atom. The highest BCUT2D eigenvalue weighted by Gasteiger charge is 2.22. The molecule has 0 aliphatic carbocycles. The number of halogens is 1. The Kier molecular flexibility index (Phi) is 7.37. The number of hydrogen-bond acceptors (Lipinski definition) is 3. The second-order valence-corrected chi connectivity index (χ2v) is 6.50. The third kappa shape index (κ3) is 6.42. The fourth-order valence-corrected chi connectivity index (χ4v) is 2.69. The van der Waals surface area contributed by atoms with Gasteiger partial charge < -0.3 is 15.3 Å². The Morgan fingerprint density at radius 1 is 1.07 bits per heavy atom. The number of carboxylic acids is 1. The zero-order valence-electron chi connectivity index (χ0n) is 14.9. The molecule has 2 N–H and O–H groups in total. The molecule has 1 atom stereocenters. The summed E-state index contributed by atoms with van der Waals surface area (Å²) in [6.45, 7) is 2.03. The monoisotopic (exact) mass is 388 g/mol. The maximum absolute atomic E-state index is 12.2. The van der Waals surface area contributed by atoms with Crippen LogP contribution in [0.1, 0.15) is 30.5 Å². The Bertz CT molecular complexity index is 793. The average Bonchev–Trinajstić information content (AvgIpc) is 2.64. The normalized spacial score (nSPS) is 11.5. The van der Waals surface area contributed by atoms with Crippen LogP contribution in [-0.2, 0) is 20.9 Å². The van der Waals surface area contributed by atoms with Gasteiger partial charge in [-0.2, -0.15) is 0 Å². The van der Waals surface area contributed by atoms with E-state index in [1.807, 2.05) is 30.3 Å². The predicted molar refractivity (Wildman–Crippen MR) is 102 cm³/mol. The van der Waals surface area contributed by atoms with Crippen molar-refractivity contribution in [2.45, 2.75) is 25.9 Å². The lowest BCUT2D eigenvalue weighted by Crippen LogP contribution is -2.37. The summed E-state index contributed by atoms with van der Waals surface area (Å²) < 4.78 is 0. The lowest BCUT2D eigenvalue weighted by Gasteiger charge is -2.22. The standard InChI is InChI=1S/C20H21ClN2O4/c1-14(24)23(13-15-5-3-2-4-6-15)12-11-18(25)22-19(20(26)27)16-7-9-17(21)10-8-16/h2-10,19H,11-13H2,1H3,(H,22,25)(H,26,27). The summed E-state index contributed by atoms with van der Waals surface area (Å²) >= 11 is 5.81. The number of nitrogens with zero attached hydrogens (tertiary/aromatic N) is 1. The van der Waals surface area contributed by atoms with Crippen molar-refractivity contribution in [1.29, 1.82) is 0 Å². The molecule has 2 amide bonds. The number of benzene rings is 2. The first-order valence-electron chi connectivity index (χ1n) is 8.44. The minimum Gasteiger partial charge on any atom is -0.479 e. The van der Waals surface area contributed by atoms with E-state index < -0.39 is 17.9 Å². The van der Waals surface area contributed by atoms with Crippen molar-refractivity contribution in [1.82, 2.24) is 10.2 Å². The minimum atomic E-state index is -1.17.